The zero-order valence-corrected chi connectivity index (χ0v) is 19.8. The number of thiophene rings is 1. The van der Waals surface area contributed by atoms with E-state index in [1.165, 1.54) is 26.4 Å². The van der Waals surface area contributed by atoms with Gasteiger partial charge in [-0.2, -0.15) is 5.10 Å². The summed E-state index contributed by atoms with van der Waals surface area (Å²) < 4.78 is 32.3. The lowest BCUT2D eigenvalue weighted by molar-refractivity contribution is 0.0525. The number of rotatable bonds is 8. The maximum Gasteiger partial charge on any atom is 0.341 e. The van der Waals surface area contributed by atoms with E-state index in [0.29, 0.717) is 22.5 Å². The minimum absolute atomic E-state index is 0.218. The summed E-state index contributed by atoms with van der Waals surface area (Å²) in [5.74, 6) is -0.714. The SMILES string of the molecule is CCOC(=O)c1cnn(-c2ccc(C(=O)NCc3ccc(S(=O)(=O)N(C)C)s3)cc2)c1C. The fourth-order valence-corrected chi connectivity index (χ4v) is 5.34. The van der Waals surface area contributed by atoms with Crippen LogP contribution in [-0.4, -0.2) is 55.1 Å². The van der Waals surface area contributed by atoms with Crippen molar-refractivity contribution in [1.29, 1.82) is 0 Å². The molecule has 0 fully saturated rings. The normalized spacial score (nSPS) is 11.5. The third kappa shape index (κ3) is 4.90. The van der Waals surface area contributed by atoms with Gasteiger partial charge in [0, 0.05) is 24.5 Å². The van der Waals surface area contributed by atoms with E-state index in [4.69, 9.17) is 4.74 Å². The maximum atomic E-state index is 12.5. The Balaban J connectivity index is 1.66. The molecule has 0 radical (unpaired) electrons. The predicted octanol–water partition coefficient (Wildman–Crippen LogP) is 2.60. The van der Waals surface area contributed by atoms with Crippen molar-refractivity contribution in [3.05, 3.63) is 64.3 Å². The average Bonchev–Trinajstić information content (AvgIpc) is 3.39. The van der Waals surface area contributed by atoms with Gasteiger partial charge in [-0.15, -0.1) is 11.3 Å². The number of ether oxygens (including phenoxy) is 1. The van der Waals surface area contributed by atoms with Gasteiger partial charge in [-0.1, -0.05) is 0 Å². The van der Waals surface area contributed by atoms with Gasteiger partial charge in [0.15, 0.2) is 0 Å². The molecule has 32 heavy (non-hydrogen) atoms. The molecule has 1 N–H and O–H groups in total. The summed E-state index contributed by atoms with van der Waals surface area (Å²) in [6.07, 6.45) is 1.46. The number of hydrogen-bond donors (Lipinski definition) is 1. The largest absolute Gasteiger partial charge is 0.462 e. The standard InChI is InChI=1S/C21H24N4O5S2/c1-5-30-21(27)18-13-23-25(14(18)2)16-8-6-15(7-9-16)20(26)22-12-17-10-11-19(31-17)32(28,29)24(3)4/h6-11,13H,5,12H2,1-4H3,(H,22,26). The second kappa shape index (κ2) is 9.63. The number of sulfonamides is 1. The van der Waals surface area contributed by atoms with Gasteiger partial charge < -0.3 is 10.1 Å². The highest BCUT2D eigenvalue weighted by atomic mass is 32.2. The monoisotopic (exact) mass is 476 g/mol. The summed E-state index contributed by atoms with van der Waals surface area (Å²) in [6, 6.07) is 10.0. The molecule has 0 aliphatic heterocycles. The molecule has 0 saturated carbocycles. The summed E-state index contributed by atoms with van der Waals surface area (Å²) in [6.45, 7) is 4.01. The quantitative estimate of drug-likeness (QED) is 0.501. The Morgan fingerprint density at radius 2 is 1.84 bits per heavy atom. The molecule has 170 valence electrons. The molecule has 0 bridgehead atoms. The van der Waals surface area contributed by atoms with Gasteiger partial charge in [0.1, 0.15) is 9.77 Å². The minimum atomic E-state index is -3.49. The van der Waals surface area contributed by atoms with E-state index in [1.54, 1.807) is 48.9 Å². The predicted molar refractivity (Wildman–Crippen MR) is 121 cm³/mol. The molecule has 9 nitrogen and oxygen atoms in total. The van der Waals surface area contributed by atoms with Crippen molar-refractivity contribution in [2.45, 2.75) is 24.6 Å². The molecule has 0 atom stereocenters. The van der Waals surface area contributed by atoms with Crippen LogP contribution in [0.4, 0.5) is 0 Å². The molecule has 0 aliphatic carbocycles. The highest BCUT2D eigenvalue weighted by molar-refractivity contribution is 7.91. The lowest BCUT2D eigenvalue weighted by Crippen LogP contribution is -2.22. The zero-order chi connectivity index (χ0) is 23.5. The lowest BCUT2D eigenvalue weighted by atomic mass is 10.2. The molecule has 0 aliphatic rings. The van der Waals surface area contributed by atoms with E-state index in [-0.39, 0.29) is 23.3 Å². The third-order valence-electron chi connectivity index (χ3n) is 4.67. The Bertz CT molecular complexity index is 1230. The van der Waals surface area contributed by atoms with Gasteiger partial charge in [0.25, 0.3) is 15.9 Å². The van der Waals surface area contributed by atoms with Crippen LogP contribution in [0.15, 0.2) is 46.8 Å². The molecule has 11 heteroatoms. The van der Waals surface area contributed by atoms with Crippen molar-refractivity contribution >= 4 is 33.2 Å². The molecule has 0 unspecified atom stereocenters. The fourth-order valence-electron chi connectivity index (χ4n) is 2.87. The Morgan fingerprint density at radius 3 is 2.47 bits per heavy atom. The molecule has 3 aromatic rings. The molecular formula is C21H24N4O5S2. The summed E-state index contributed by atoms with van der Waals surface area (Å²) in [5.41, 5.74) is 2.18. The number of amides is 1. The number of aromatic nitrogens is 2. The highest BCUT2D eigenvalue weighted by Gasteiger charge is 2.20. The smallest absolute Gasteiger partial charge is 0.341 e. The number of carbonyl (C=O) groups excluding carboxylic acids is 2. The lowest BCUT2D eigenvalue weighted by Gasteiger charge is -2.09. The van der Waals surface area contributed by atoms with Crippen molar-refractivity contribution in [3.63, 3.8) is 0 Å². The Kier molecular flexibility index (Phi) is 7.12. The Labute approximate surface area is 190 Å². The van der Waals surface area contributed by atoms with E-state index in [0.717, 1.165) is 20.5 Å². The molecule has 2 aromatic heterocycles. The van der Waals surface area contributed by atoms with E-state index < -0.39 is 16.0 Å². The highest BCUT2D eigenvalue weighted by Crippen LogP contribution is 2.23. The van der Waals surface area contributed by atoms with Gasteiger partial charge >= 0.3 is 5.97 Å². The number of nitrogens with zero attached hydrogens (tertiary/aromatic N) is 3. The second-order valence-corrected chi connectivity index (χ2v) is 10.6. The number of nitrogens with one attached hydrogen (secondary N) is 1. The molecule has 1 amide bonds. The topological polar surface area (TPSA) is 111 Å². The molecule has 3 rings (SSSR count). The van der Waals surface area contributed by atoms with Gasteiger partial charge in [-0.05, 0) is 50.2 Å². The summed E-state index contributed by atoms with van der Waals surface area (Å²) in [7, 11) is -0.537. The van der Waals surface area contributed by atoms with Crippen molar-refractivity contribution in [1.82, 2.24) is 19.4 Å². The molecule has 2 heterocycles. The van der Waals surface area contributed by atoms with Crippen LogP contribution in [0, 0.1) is 6.92 Å². The van der Waals surface area contributed by atoms with Crippen LogP contribution >= 0.6 is 11.3 Å². The summed E-state index contributed by atoms with van der Waals surface area (Å²) in [5, 5.41) is 7.03. The maximum absolute atomic E-state index is 12.5. The Hall–Kier alpha value is -3.02. The molecule has 0 spiro atoms. The van der Waals surface area contributed by atoms with E-state index in [2.05, 4.69) is 10.4 Å². The average molecular weight is 477 g/mol. The van der Waals surface area contributed by atoms with Crippen molar-refractivity contribution in [3.8, 4) is 5.69 Å². The number of carbonyl (C=O) groups is 2. The third-order valence-corrected chi connectivity index (χ3v) is 8.04. The second-order valence-electron chi connectivity index (χ2n) is 7.01. The number of hydrogen-bond acceptors (Lipinski definition) is 7. The first-order valence-electron chi connectivity index (χ1n) is 9.76. The van der Waals surface area contributed by atoms with Crippen molar-refractivity contribution in [2.24, 2.45) is 0 Å². The van der Waals surface area contributed by atoms with Crippen LogP contribution in [0.25, 0.3) is 5.69 Å². The first kappa shape index (κ1) is 23.6. The minimum Gasteiger partial charge on any atom is -0.462 e. The van der Waals surface area contributed by atoms with Gasteiger partial charge in [-0.3, -0.25) is 4.79 Å². The zero-order valence-electron chi connectivity index (χ0n) is 18.2. The van der Waals surface area contributed by atoms with Crippen LogP contribution in [0.3, 0.4) is 0 Å². The van der Waals surface area contributed by atoms with Crippen LogP contribution in [-0.2, 0) is 21.3 Å². The fraction of sp³-hybridized carbons (Fsp3) is 0.286. The molecular weight excluding hydrogens is 452 g/mol. The van der Waals surface area contributed by atoms with Crippen LogP contribution in [0.5, 0.6) is 0 Å². The summed E-state index contributed by atoms with van der Waals surface area (Å²) >= 11 is 1.12. The van der Waals surface area contributed by atoms with E-state index in [1.807, 2.05) is 0 Å². The van der Waals surface area contributed by atoms with Crippen LogP contribution in [0.2, 0.25) is 0 Å². The van der Waals surface area contributed by atoms with Crippen LogP contribution < -0.4 is 5.32 Å². The molecule has 1 aromatic carbocycles. The number of esters is 1. The van der Waals surface area contributed by atoms with Crippen LogP contribution in [0.1, 0.15) is 38.2 Å². The Morgan fingerprint density at radius 1 is 1.16 bits per heavy atom. The first-order valence-corrected chi connectivity index (χ1v) is 12.0. The first-order chi connectivity index (χ1) is 15.1. The van der Waals surface area contributed by atoms with Gasteiger partial charge in [-0.25, -0.2) is 22.2 Å². The van der Waals surface area contributed by atoms with Crippen molar-refractivity contribution < 1.29 is 22.7 Å². The summed E-state index contributed by atoms with van der Waals surface area (Å²) in [4.78, 5) is 25.2. The number of benzene rings is 1. The van der Waals surface area contributed by atoms with E-state index in [9.17, 15) is 18.0 Å². The van der Waals surface area contributed by atoms with Gasteiger partial charge in [0.05, 0.1) is 30.7 Å². The van der Waals surface area contributed by atoms with E-state index >= 15 is 0 Å². The van der Waals surface area contributed by atoms with Crippen molar-refractivity contribution in [2.75, 3.05) is 20.7 Å². The van der Waals surface area contributed by atoms with Gasteiger partial charge in [0.2, 0.25) is 0 Å². The molecule has 0 saturated heterocycles.